The molecule has 5 nitrogen and oxygen atoms in total. The van der Waals surface area contributed by atoms with Crippen LogP contribution in [0.3, 0.4) is 0 Å². The van der Waals surface area contributed by atoms with Crippen LogP contribution in [-0.4, -0.2) is 46.8 Å². The molecule has 1 aliphatic heterocycles. The predicted molar refractivity (Wildman–Crippen MR) is 68.7 cm³/mol. The lowest BCUT2D eigenvalue weighted by Gasteiger charge is -2.28. The van der Waals surface area contributed by atoms with E-state index in [-0.39, 0.29) is 6.04 Å². The van der Waals surface area contributed by atoms with Crippen LogP contribution < -0.4 is 0 Å². The SMILES string of the molecule is CCN(Cc1cnc(C)s1)C1COCC1C(=O)O. The molecule has 0 spiro atoms. The molecule has 0 saturated carbocycles. The van der Waals surface area contributed by atoms with Crippen LogP contribution >= 0.6 is 11.3 Å². The van der Waals surface area contributed by atoms with Crippen molar-refractivity contribution in [1.82, 2.24) is 9.88 Å². The van der Waals surface area contributed by atoms with Crippen LogP contribution in [0.4, 0.5) is 0 Å². The normalized spacial score (nSPS) is 23.7. The summed E-state index contributed by atoms with van der Waals surface area (Å²) in [6.07, 6.45) is 1.87. The molecule has 1 saturated heterocycles. The third-order valence-corrected chi connectivity index (χ3v) is 4.17. The number of ether oxygens (including phenoxy) is 1. The highest BCUT2D eigenvalue weighted by Gasteiger charge is 2.37. The Labute approximate surface area is 110 Å². The number of carboxylic acid groups (broad SMARTS) is 1. The molecule has 100 valence electrons. The molecule has 0 aromatic carbocycles. The first-order valence-corrected chi connectivity index (χ1v) is 6.89. The van der Waals surface area contributed by atoms with Crippen LogP contribution in [0.5, 0.6) is 0 Å². The smallest absolute Gasteiger partial charge is 0.310 e. The molecule has 1 N–H and O–H groups in total. The van der Waals surface area contributed by atoms with Crippen molar-refractivity contribution in [3.05, 3.63) is 16.1 Å². The molecule has 2 atom stereocenters. The van der Waals surface area contributed by atoms with Crippen molar-refractivity contribution >= 4 is 17.3 Å². The number of hydrogen-bond acceptors (Lipinski definition) is 5. The van der Waals surface area contributed by atoms with E-state index in [0.717, 1.165) is 18.1 Å². The molecule has 0 radical (unpaired) electrons. The molecule has 1 aromatic rings. The fourth-order valence-corrected chi connectivity index (χ4v) is 3.10. The predicted octanol–water partition coefficient (Wildman–Crippen LogP) is 1.37. The number of likely N-dealkylation sites (N-methyl/N-ethyl adjacent to an activating group) is 1. The number of aromatic nitrogens is 1. The van der Waals surface area contributed by atoms with Crippen molar-refractivity contribution in [2.45, 2.75) is 26.4 Å². The number of hydrogen-bond donors (Lipinski definition) is 1. The first-order valence-electron chi connectivity index (χ1n) is 6.07. The van der Waals surface area contributed by atoms with E-state index in [9.17, 15) is 9.90 Å². The van der Waals surface area contributed by atoms with Gasteiger partial charge in [0.15, 0.2) is 0 Å². The summed E-state index contributed by atoms with van der Waals surface area (Å²) in [5.41, 5.74) is 0. The minimum absolute atomic E-state index is 0.0325. The second-order valence-electron chi connectivity index (χ2n) is 4.46. The van der Waals surface area contributed by atoms with Crippen LogP contribution in [0.15, 0.2) is 6.20 Å². The Morgan fingerprint density at radius 1 is 1.67 bits per heavy atom. The van der Waals surface area contributed by atoms with Gasteiger partial charge in [0, 0.05) is 23.7 Å². The van der Waals surface area contributed by atoms with Gasteiger partial charge in [-0.1, -0.05) is 6.92 Å². The maximum absolute atomic E-state index is 11.2. The highest BCUT2D eigenvalue weighted by atomic mass is 32.1. The van der Waals surface area contributed by atoms with Crippen molar-refractivity contribution in [3.63, 3.8) is 0 Å². The average Bonchev–Trinajstić information content (AvgIpc) is 2.94. The number of rotatable bonds is 5. The van der Waals surface area contributed by atoms with Gasteiger partial charge in [0.25, 0.3) is 0 Å². The van der Waals surface area contributed by atoms with Crippen molar-refractivity contribution in [2.75, 3.05) is 19.8 Å². The van der Waals surface area contributed by atoms with E-state index in [2.05, 4.69) is 9.88 Å². The number of thiazole rings is 1. The number of aliphatic carboxylic acids is 1. The van der Waals surface area contributed by atoms with Crippen LogP contribution in [0.1, 0.15) is 16.8 Å². The molecule has 0 amide bonds. The summed E-state index contributed by atoms with van der Waals surface area (Å²) in [4.78, 5) is 18.7. The van der Waals surface area contributed by atoms with Gasteiger partial charge in [-0.2, -0.15) is 0 Å². The van der Waals surface area contributed by atoms with Crippen LogP contribution in [0.25, 0.3) is 0 Å². The van der Waals surface area contributed by atoms with Crippen molar-refractivity contribution < 1.29 is 14.6 Å². The van der Waals surface area contributed by atoms with Gasteiger partial charge in [-0.05, 0) is 13.5 Å². The summed E-state index contributed by atoms with van der Waals surface area (Å²) in [5.74, 6) is -1.18. The Kier molecular flexibility index (Phi) is 4.31. The molecule has 0 bridgehead atoms. The molecule has 6 heteroatoms. The van der Waals surface area contributed by atoms with Crippen LogP contribution in [-0.2, 0) is 16.1 Å². The zero-order chi connectivity index (χ0) is 13.1. The van der Waals surface area contributed by atoms with Gasteiger partial charge in [0.2, 0.25) is 0 Å². The molecule has 1 aliphatic rings. The maximum atomic E-state index is 11.2. The monoisotopic (exact) mass is 270 g/mol. The zero-order valence-corrected chi connectivity index (χ0v) is 11.4. The lowest BCUT2D eigenvalue weighted by molar-refractivity contribution is -0.143. The number of carbonyl (C=O) groups is 1. The first kappa shape index (κ1) is 13.5. The highest BCUT2D eigenvalue weighted by Crippen LogP contribution is 2.23. The Morgan fingerprint density at radius 3 is 3.00 bits per heavy atom. The zero-order valence-electron chi connectivity index (χ0n) is 10.6. The number of nitrogens with zero attached hydrogens (tertiary/aromatic N) is 2. The van der Waals surface area contributed by atoms with Gasteiger partial charge in [-0.3, -0.25) is 9.69 Å². The van der Waals surface area contributed by atoms with Gasteiger partial charge in [-0.15, -0.1) is 11.3 Å². The Hall–Kier alpha value is -0.980. The first-order chi connectivity index (χ1) is 8.61. The largest absolute Gasteiger partial charge is 0.481 e. The van der Waals surface area contributed by atoms with Crippen molar-refractivity contribution in [2.24, 2.45) is 5.92 Å². The van der Waals surface area contributed by atoms with Gasteiger partial charge < -0.3 is 9.84 Å². The Bertz CT molecular complexity index is 421. The molecular formula is C12H18N2O3S. The van der Waals surface area contributed by atoms with Gasteiger partial charge >= 0.3 is 5.97 Å². The molecule has 1 aromatic heterocycles. The Balaban J connectivity index is 2.06. The van der Waals surface area contributed by atoms with E-state index >= 15 is 0 Å². The van der Waals surface area contributed by atoms with Crippen molar-refractivity contribution in [3.8, 4) is 0 Å². The second-order valence-corrected chi connectivity index (χ2v) is 5.78. The topological polar surface area (TPSA) is 62.7 Å². The summed E-state index contributed by atoms with van der Waals surface area (Å²) in [6.45, 7) is 6.41. The van der Waals surface area contributed by atoms with E-state index in [1.807, 2.05) is 20.0 Å². The molecule has 2 unspecified atom stereocenters. The number of aryl methyl sites for hydroxylation is 1. The lowest BCUT2D eigenvalue weighted by Crippen LogP contribution is -2.42. The van der Waals surface area contributed by atoms with E-state index in [0.29, 0.717) is 13.2 Å². The van der Waals surface area contributed by atoms with E-state index in [1.54, 1.807) is 11.3 Å². The van der Waals surface area contributed by atoms with E-state index in [1.165, 1.54) is 4.88 Å². The molecule has 1 fully saturated rings. The maximum Gasteiger partial charge on any atom is 0.310 e. The third kappa shape index (κ3) is 2.88. The summed E-state index contributed by atoms with van der Waals surface area (Å²) in [7, 11) is 0. The van der Waals surface area contributed by atoms with Gasteiger partial charge in [0.1, 0.15) is 0 Å². The molecule has 2 rings (SSSR count). The molecule has 2 heterocycles. The second kappa shape index (κ2) is 5.77. The van der Waals surface area contributed by atoms with Gasteiger partial charge in [-0.25, -0.2) is 4.98 Å². The fourth-order valence-electron chi connectivity index (χ4n) is 2.28. The summed E-state index contributed by atoms with van der Waals surface area (Å²) in [6, 6.07) is -0.0325. The minimum atomic E-state index is -0.767. The van der Waals surface area contributed by atoms with Crippen molar-refractivity contribution in [1.29, 1.82) is 0 Å². The average molecular weight is 270 g/mol. The number of carboxylic acids is 1. The molecule has 18 heavy (non-hydrogen) atoms. The molecule has 0 aliphatic carbocycles. The molecular weight excluding hydrogens is 252 g/mol. The fraction of sp³-hybridized carbons (Fsp3) is 0.667. The summed E-state index contributed by atoms with van der Waals surface area (Å²) >= 11 is 1.66. The van der Waals surface area contributed by atoms with Crippen LogP contribution in [0, 0.1) is 12.8 Å². The van der Waals surface area contributed by atoms with Gasteiger partial charge in [0.05, 0.1) is 24.1 Å². The quantitative estimate of drug-likeness (QED) is 0.875. The highest BCUT2D eigenvalue weighted by molar-refractivity contribution is 7.11. The van der Waals surface area contributed by atoms with Crippen LogP contribution in [0.2, 0.25) is 0 Å². The minimum Gasteiger partial charge on any atom is -0.481 e. The summed E-state index contributed by atoms with van der Waals surface area (Å²) in [5, 5.41) is 10.2. The third-order valence-electron chi connectivity index (χ3n) is 3.27. The standard InChI is InChI=1S/C12H18N2O3S/c1-3-14(5-9-4-13-8(2)18-9)11-7-17-6-10(11)12(15)16/h4,10-11H,3,5-7H2,1-2H3,(H,15,16). The lowest BCUT2D eigenvalue weighted by atomic mass is 10.0. The van der Waals surface area contributed by atoms with E-state index in [4.69, 9.17) is 4.74 Å². The van der Waals surface area contributed by atoms with E-state index < -0.39 is 11.9 Å². The Morgan fingerprint density at radius 2 is 2.44 bits per heavy atom. The summed E-state index contributed by atoms with van der Waals surface area (Å²) < 4.78 is 5.32.